The van der Waals surface area contributed by atoms with Gasteiger partial charge in [0.15, 0.2) is 0 Å². The number of rotatable bonds is 5. The highest BCUT2D eigenvalue weighted by molar-refractivity contribution is 8.00. The molecule has 1 fully saturated rings. The van der Waals surface area contributed by atoms with Gasteiger partial charge in [0, 0.05) is 29.1 Å². The van der Waals surface area contributed by atoms with Crippen LogP contribution in [0.1, 0.15) is 26.7 Å². The first-order chi connectivity index (χ1) is 10.5. The molecule has 1 aliphatic heterocycles. The minimum atomic E-state index is -0.428. The monoisotopic (exact) mass is 323 g/mol. The van der Waals surface area contributed by atoms with E-state index in [1.54, 1.807) is 12.1 Å². The molecule has 120 valence electrons. The number of carbonyl (C=O) groups excluding carboxylic acids is 1. The molecule has 1 aromatic rings. The van der Waals surface area contributed by atoms with Crippen LogP contribution in [0.2, 0.25) is 0 Å². The van der Waals surface area contributed by atoms with E-state index in [0.717, 1.165) is 24.3 Å². The minimum Gasteiger partial charge on any atom is -0.352 e. The Kier molecular flexibility index (Phi) is 5.79. The molecule has 7 heteroatoms. The van der Waals surface area contributed by atoms with Gasteiger partial charge in [-0.3, -0.25) is 14.9 Å². The summed E-state index contributed by atoms with van der Waals surface area (Å²) in [4.78, 5) is 23.3. The molecule has 0 spiro atoms. The third-order valence-electron chi connectivity index (χ3n) is 3.70. The van der Waals surface area contributed by atoms with Crippen molar-refractivity contribution in [1.82, 2.24) is 10.6 Å². The number of amides is 1. The Morgan fingerprint density at radius 3 is 2.73 bits per heavy atom. The highest BCUT2D eigenvalue weighted by Crippen LogP contribution is 2.25. The number of piperidine rings is 1. The number of nitrogens with one attached hydrogen (secondary N) is 2. The molecule has 2 rings (SSSR count). The molecule has 3 unspecified atom stereocenters. The maximum Gasteiger partial charge on any atom is 0.269 e. The molecule has 1 saturated heterocycles. The van der Waals surface area contributed by atoms with E-state index in [1.165, 1.54) is 23.9 Å². The van der Waals surface area contributed by atoms with Crippen LogP contribution in [-0.2, 0) is 4.79 Å². The summed E-state index contributed by atoms with van der Waals surface area (Å²) in [5, 5.41) is 16.8. The lowest BCUT2D eigenvalue weighted by Gasteiger charge is -2.29. The van der Waals surface area contributed by atoms with Crippen molar-refractivity contribution in [3.05, 3.63) is 34.4 Å². The summed E-state index contributed by atoms with van der Waals surface area (Å²) in [5.74, 6) is 0.0162. The second-order valence-electron chi connectivity index (χ2n) is 5.60. The maximum absolute atomic E-state index is 12.2. The molecule has 1 heterocycles. The summed E-state index contributed by atoms with van der Waals surface area (Å²) in [6.45, 7) is 4.90. The van der Waals surface area contributed by atoms with Gasteiger partial charge in [0.2, 0.25) is 5.91 Å². The predicted octanol–water partition coefficient (Wildman–Crippen LogP) is 2.33. The Labute approximate surface area is 134 Å². The first-order valence-corrected chi connectivity index (χ1v) is 8.28. The van der Waals surface area contributed by atoms with E-state index in [-0.39, 0.29) is 22.9 Å². The topological polar surface area (TPSA) is 84.3 Å². The average molecular weight is 323 g/mol. The lowest BCUT2D eigenvalue weighted by atomic mass is 10.0. The van der Waals surface area contributed by atoms with E-state index >= 15 is 0 Å². The summed E-state index contributed by atoms with van der Waals surface area (Å²) < 4.78 is 0. The Hall–Kier alpha value is -1.60. The van der Waals surface area contributed by atoms with Crippen LogP contribution in [0, 0.1) is 10.1 Å². The van der Waals surface area contributed by atoms with Gasteiger partial charge in [-0.25, -0.2) is 0 Å². The first-order valence-electron chi connectivity index (χ1n) is 7.40. The second kappa shape index (κ2) is 7.60. The molecule has 0 aromatic heterocycles. The zero-order valence-electron chi connectivity index (χ0n) is 12.7. The molecule has 1 aliphatic rings. The van der Waals surface area contributed by atoms with E-state index in [4.69, 9.17) is 0 Å². The third kappa shape index (κ3) is 4.71. The number of hydrogen-bond acceptors (Lipinski definition) is 5. The summed E-state index contributed by atoms with van der Waals surface area (Å²) in [7, 11) is 0. The molecule has 3 atom stereocenters. The normalized spacial score (nSPS) is 22.8. The van der Waals surface area contributed by atoms with E-state index < -0.39 is 4.92 Å². The van der Waals surface area contributed by atoms with Gasteiger partial charge in [0.05, 0.1) is 10.2 Å². The highest BCUT2D eigenvalue weighted by Gasteiger charge is 2.22. The summed E-state index contributed by atoms with van der Waals surface area (Å²) in [6.07, 6.45) is 1.89. The Balaban J connectivity index is 1.86. The van der Waals surface area contributed by atoms with Crippen molar-refractivity contribution in [1.29, 1.82) is 0 Å². The van der Waals surface area contributed by atoms with Crippen molar-refractivity contribution in [3.63, 3.8) is 0 Å². The van der Waals surface area contributed by atoms with Crippen molar-refractivity contribution in [2.45, 2.75) is 48.9 Å². The summed E-state index contributed by atoms with van der Waals surface area (Å²) in [6, 6.07) is 6.93. The van der Waals surface area contributed by atoms with Gasteiger partial charge in [-0.2, -0.15) is 0 Å². The zero-order valence-corrected chi connectivity index (χ0v) is 13.6. The number of nitrogens with zero attached hydrogens (tertiary/aromatic N) is 1. The summed E-state index contributed by atoms with van der Waals surface area (Å²) in [5.41, 5.74) is 0.0603. The smallest absolute Gasteiger partial charge is 0.269 e. The van der Waals surface area contributed by atoms with E-state index in [2.05, 4.69) is 17.6 Å². The molecule has 0 saturated carbocycles. The van der Waals surface area contributed by atoms with Gasteiger partial charge in [-0.15, -0.1) is 11.8 Å². The van der Waals surface area contributed by atoms with Crippen molar-refractivity contribution in [3.8, 4) is 0 Å². The molecule has 0 radical (unpaired) electrons. The molecule has 1 amide bonds. The number of hydrogen-bond donors (Lipinski definition) is 2. The van der Waals surface area contributed by atoms with E-state index in [1.807, 2.05) is 6.92 Å². The first kappa shape index (κ1) is 16.8. The third-order valence-corrected chi connectivity index (χ3v) is 4.81. The van der Waals surface area contributed by atoms with Crippen molar-refractivity contribution in [2.75, 3.05) is 6.54 Å². The van der Waals surface area contributed by atoms with Crippen LogP contribution in [0.4, 0.5) is 5.69 Å². The quantitative estimate of drug-likeness (QED) is 0.493. The Bertz CT molecular complexity index is 535. The molecular weight excluding hydrogens is 302 g/mol. The van der Waals surface area contributed by atoms with Crippen molar-refractivity contribution in [2.24, 2.45) is 0 Å². The van der Waals surface area contributed by atoms with Crippen LogP contribution < -0.4 is 10.6 Å². The van der Waals surface area contributed by atoms with Crippen LogP contribution in [0.25, 0.3) is 0 Å². The van der Waals surface area contributed by atoms with E-state index in [0.29, 0.717) is 6.04 Å². The van der Waals surface area contributed by atoms with Gasteiger partial charge in [-0.1, -0.05) is 0 Å². The summed E-state index contributed by atoms with van der Waals surface area (Å²) >= 11 is 1.41. The minimum absolute atomic E-state index is 0.0162. The molecule has 6 nitrogen and oxygen atoms in total. The predicted molar refractivity (Wildman–Crippen MR) is 87.0 cm³/mol. The molecular formula is C15H21N3O3S. The van der Waals surface area contributed by atoms with Gasteiger partial charge < -0.3 is 10.6 Å². The van der Waals surface area contributed by atoms with Crippen molar-refractivity contribution < 1.29 is 9.72 Å². The zero-order chi connectivity index (χ0) is 16.1. The number of nitro groups is 1. The second-order valence-corrected chi connectivity index (χ2v) is 7.01. The number of thioether (sulfide) groups is 1. The fourth-order valence-electron chi connectivity index (χ4n) is 2.49. The van der Waals surface area contributed by atoms with Crippen LogP contribution >= 0.6 is 11.8 Å². The number of carbonyl (C=O) groups is 1. The highest BCUT2D eigenvalue weighted by atomic mass is 32.2. The van der Waals surface area contributed by atoms with Crippen molar-refractivity contribution >= 4 is 23.4 Å². The Morgan fingerprint density at radius 1 is 1.45 bits per heavy atom. The van der Waals surface area contributed by atoms with Gasteiger partial charge in [0.1, 0.15) is 0 Å². The Morgan fingerprint density at radius 2 is 2.14 bits per heavy atom. The van der Waals surface area contributed by atoms with Gasteiger partial charge in [0.25, 0.3) is 5.69 Å². The SMILES string of the molecule is CC1CC(NC(=O)C(C)Sc2ccc([N+](=O)[O-])cc2)CCN1. The fraction of sp³-hybridized carbons (Fsp3) is 0.533. The van der Waals surface area contributed by atoms with Gasteiger partial charge >= 0.3 is 0 Å². The van der Waals surface area contributed by atoms with Crippen LogP contribution in [-0.4, -0.2) is 34.7 Å². The lowest BCUT2D eigenvalue weighted by Crippen LogP contribution is -2.48. The molecule has 22 heavy (non-hydrogen) atoms. The van der Waals surface area contributed by atoms with Crippen LogP contribution in [0.3, 0.4) is 0 Å². The average Bonchev–Trinajstić information content (AvgIpc) is 2.47. The molecule has 0 aliphatic carbocycles. The van der Waals surface area contributed by atoms with Gasteiger partial charge in [-0.05, 0) is 45.4 Å². The molecule has 0 bridgehead atoms. The number of nitro benzene ring substituents is 1. The molecule has 1 aromatic carbocycles. The lowest BCUT2D eigenvalue weighted by molar-refractivity contribution is -0.384. The number of benzene rings is 1. The van der Waals surface area contributed by atoms with Crippen LogP contribution in [0.15, 0.2) is 29.2 Å². The maximum atomic E-state index is 12.2. The standard InChI is InChI=1S/C15H21N3O3S/c1-10-9-12(7-8-16-10)17-15(19)11(2)22-14-5-3-13(4-6-14)18(20)21/h3-6,10-12,16H,7-9H2,1-2H3,(H,17,19). The fourth-order valence-corrected chi connectivity index (χ4v) is 3.36. The molecule has 2 N–H and O–H groups in total. The van der Waals surface area contributed by atoms with E-state index in [9.17, 15) is 14.9 Å². The largest absolute Gasteiger partial charge is 0.352 e. The van der Waals surface area contributed by atoms with Crippen LogP contribution in [0.5, 0.6) is 0 Å². The number of non-ortho nitro benzene ring substituents is 1.